The molecule has 0 radical (unpaired) electrons. The number of thiocarbonyl (C=S) groups is 1. The Morgan fingerprint density at radius 2 is 1.64 bits per heavy atom. The van der Waals surface area contributed by atoms with Crippen molar-refractivity contribution >= 4 is 46.1 Å². The number of hydrogen-bond donors (Lipinski definition) is 0. The number of nitrogens with zero attached hydrogens (tertiary/aromatic N) is 5. The number of nitriles is 1. The number of amides is 1. The summed E-state index contributed by atoms with van der Waals surface area (Å²) in [6.07, 6.45) is 9.52. The van der Waals surface area contributed by atoms with Crippen LogP contribution in [0.2, 0.25) is 0 Å². The SMILES string of the molecule is CCCCCCCCN1C(=O)/C(=C\c2c(C)c(C#N)c(=O)n(CCC)c2N2CCN(Cc3ccccc3)CC2)SC1=S. The van der Waals surface area contributed by atoms with Gasteiger partial charge in [0.05, 0.1) is 4.91 Å². The second kappa shape index (κ2) is 15.5. The van der Waals surface area contributed by atoms with Crippen LogP contribution in [0.4, 0.5) is 5.82 Å². The highest BCUT2D eigenvalue weighted by molar-refractivity contribution is 8.26. The van der Waals surface area contributed by atoms with Gasteiger partial charge in [-0.1, -0.05) is 100 Å². The Morgan fingerprint density at radius 1 is 0.952 bits per heavy atom. The molecule has 0 unspecified atom stereocenters. The molecule has 0 spiro atoms. The molecule has 4 rings (SSSR count). The van der Waals surface area contributed by atoms with Gasteiger partial charge in [0.1, 0.15) is 21.8 Å². The van der Waals surface area contributed by atoms with Gasteiger partial charge in [-0.15, -0.1) is 0 Å². The highest BCUT2D eigenvalue weighted by Crippen LogP contribution is 2.36. The van der Waals surface area contributed by atoms with Gasteiger partial charge < -0.3 is 4.90 Å². The van der Waals surface area contributed by atoms with Crippen LogP contribution in [0.25, 0.3) is 6.08 Å². The lowest BCUT2D eigenvalue weighted by atomic mass is 10.0. The Kier molecular flexibility index (Phi) is 11.8. The number of thioether (sulfide) groups is 1. The zero-order valence-electron chi connectivity index (χ0n) is 25.2. The Balaban J connectivity index is 1.61. The van der Waals surface area contributed by atoms with Crippen LogP contribution < -0.4 is 10.5 Å². The van der Waals surface area contributed by atoms with Crippen LogP contribution in [-0.2, 0) is 17.9 Å². The normalized spacial score (nSPS) is 17.0. The minimum absolute atomic E-state index is 0.0802. The average molecular weight is 606 g/mol. The molecule has 42 heavy (non-hydrogen) atoms. The van der Waals surface area contributed by atoms with Gasteiger partial charge in [-0.25, -0.2) is 0 Å². The van der Waals surface area contributed by atoms with Gasteiger partial charge in [0.25, 0.3) is 11.5 Å². The molecule has 1 aromatic carbocycles. The fraction of sp³-hybridized carbons (Fsp3) is 0.515. The van der Waals surface area contributed by atoms with Gasteiger partial charge in [0.15, 0.2) is 0 Å². The molecule has 2 aliphatic rings. The second-order valence-corrected chi connectivity index (χ2v) is 12.8. The maximum absolute atomic E-state index is 13.5. The number of benzene rings is 1. The van der Waals surface area contributed by atoms with Crippen molar-refractivity contribution in [3.05, 3.63) is 67.8 Å². The Hall–Kier alpha value is -2.93. The molecule has 9 heteroatoms. The average Bonchev–Trinajstić information content (AvgIpc) is 3.26. The summed E-state index contributed by atoms with van der Waals surface area (Å²) in [5.74, 6) is 0.724. The van der Waals surface area contributed by atoms with Crippen LogP contribution in [-0.4, -0.2) is 57.3 Å². The Morgan fingerprint density at radius 3 is 2.31 bits per heavy atom. The fourth-order valence-corrected chi connectivity index (χ4v) is 7.04. The third-order valence-electron chi connectivity index (χ3n) is 8.10. The molecule has 224 valence electrons. The largest absolute Gasteiger partial charge is 0.355 e. The van der Waals surface area contributed by atoms with E-state index in [2.05, 4.69) is 47.1 Å². The Bertz CT molecular complexity index is 1390. The van der Waals surface area contributed by atoms with E-state index < -0.39 is 0 Å². The van der Waals surface area contributed by atoms with Crippen LogP contribution in [0.15, 0.2) is 40.0 Å². The number of carbonyl (C=O) groups excluding carboxylic acids is 1. The molecule has 1 amide bonds. The zero-order valence-corrected chi connectivity index (χ0v) is 26.9. The number of anilines is 1. The lowest BCUT2D eigenvalue weighted by Gasteiger charge is -2.38. The van der Waals surface area contributed by atoms with Gasteiger partial charge in [-0.3, -0.25) is 24.0 Å². The molecule has 7 nitrogen and oxygen atoms in total. The van der Waals surface area contributed by atoms with Crippen LogP contribution >= 0.6 is 24.0 Å². The van der Waals surface area contributed by atoms with Gasteiger partial charge in [0.2, 0.25) is 0 Å². The molecule has 2 aromatic rings. The van der Waals surface area contributed by atoms with Gasteiger partial charge in [-0.2, -0.15) is 5.26 Å². The molecule has 0 bridgehead atoms. The van der Waals surface area contributed by atoms with Crippen LogP contribution in [0.3, 0.4) is 0 Å². The summed E-state index contributed by atoms with van der Waals surface area (Å²) in [4.78, 5) is 34.0. The summed E-state index contributed by atoms with van der Waals surface area (Å²) in [6.45, 7) is 11.3. The number of carbonyl (C=O) groups is 1. The van der Waals surface area contributed by atoms with Crippen LogP contribution in [0, 0.1) is 18.3 Å². The van der Waals surface area contributed by atoms with Crippen LogP contribution in [0.5, 0.6) is 0 Å². The minimum atomic E-state index is -0.258. The summed E-state index contributed by atoms with van der Waals surface area (Å²) < 4.78 is 2.33. The third kappa shape index (κ3) is 7.52. The quantitative estimate of drug-likeness (QED) is 0.150. The van der Waals surface area contributed by atoms with E-state index in [1.165, 1.54) is 43.0 Å². The Labute approximate surface area is 260 Å². The number of piperazine rings is 1. The van der Waals surface area contributed by atoms with E-state index in [4.69, 9.17) is 12.2 Å². The van der Waals surface area contributed by atoms with Crippen molar-refractivity contribution in [3.63, 3.8) is 0 Å². The molecule has 2 saturated heterocycles. The van der Waals surface area contributed by atoms with Crippen molar-refractivity contribution in [3.8, 4) is 6.07 Å². The predicted octanol–water partition coefficient (Wildman–Crippen LogP) is 6.32. The van der Waals surface area contributed by atoms with E-state index in [1.807, 2.05) is 26.0 Å². The van der Waals surface area contributed by atoms with Gasteiger partial charge in [-0.05, 0) is 37.0 Å². The monoisotopic (exact) mass is 605 g/mol. The standard InChI is InChI=1S/C33H43N5O2S2/c1-4-6-7-8-9-13-17-38-32(40)29(42-33(38)41)22-27-25(3)28(23-34)31(39)37(16-5-2)30(27)36-20-18-35(19-21-36)24-26-14-11-10-12-15-26/h10-12,14-15,22H,4-9,13,16-21,24H2,1-3H3/b29-22+. The smallest absolute Gasteiger partial charge is 0.270 e. The van der Waals surface area contributed by atoms with Crippen LogP contribution in [0.1, 0.15) is 81.0 Å². The molecule has 2 fully saturated rings. The van der Waals surface area contributed by atoms with E-state index >= 15 is 0 Å². The van der Waals surface area contributed by atoms with E-state index in [0.29, 0.717) is 27.9 Å². The first-order chi connectivity index (χ1) is 20.4. The second-order valence-electron chi connectivity index (χ2n) is 11.2. The number of aromatic nitrogens is 1. The summed E-state index contributed by atoms with van der Waals surface area (Å²) in [5.41, 5.74) is 2.57. The zero-order chi connectivity index (χ0) is 30.1. The van der Waals surface area contributed by atoms with Gasteiger partial charge in [0, 0.05) is 51.4 Å². The van der Waals surface area contributed by atoms with E-state index in [1.54, 1.807) is 9.47 Å². The fourth-order valence-electron chi connectivity index (χ4n) is 5.75. The van der Waals surface area contributed by atoms with Crippen molar-refractivity contribution in [2.75, 3.05) is 37.6 Å². The lowest BCUT2D eigenvalue weighted by molar-refractivity contribution is -0.122. The van der Waals surface area contributed by atoms with E-state index in [0.717, 1.165) is 63.4 Å². The minimum Gasteiger partial charge on any atom is -0.355 e. The first-order valence-electron chi connectivity index (χ1n) is 15.3. The number of hydrogen-bond acceptors (Lipinski definition) is 7. The molecular weight excluding hydrogens is 563 g/mol. The summed E-state index contributed by atoms with van der Waals surface area (Å²) in [7, 11) is 0. The third-order valence-corrected chi connectivity index (χ3v) is 9.48. The number of unbranched alkanes of at least 4 members (excludes halogenated alkanes) is 5. The highest BCUT2D eigenvalue weighted by Gasteiger charge is 2.33. The van der Waals surface area contributed by atoms with Crippen molar-refractivity contribution in [2.24, 2.45) is 0 Å². The van der Waals surface area contributed by atoms with E-state index in [9.17, 15) is 14.9 Å². The van der Waals surface area contributed by atoms with Crippen molar-refractivity contribution in [1.82, 2.24) is 14.4 Å². The molecule has 0 atom stereocenters. The van der Waals surface area contributed by atoms with Gasteiger partial charge >= 0.3 is 0 Å². The number of rotatable bonds is 13. The summed E-state index contributed by atoms with van der Waals surface area (Å²) >= 11 is 6.95. The van der Waals surface area contributed by atoms with Crippen molar-refractivity contribution < 1.29 is 4.79 Å². The predicted molar refractivity (Wildman–Crippen MR) is 178 cm³/mol. The molecule has 0 aliphatic carbocycles. The molecule has 0 saturated carbocycles. The molecular formula is C33H43N5O2S2. The van der Waals surface area contributed by atoms with Crippen molar-refractivity contribution in [2.45, 2.75) is 78.8 Å². The summed E-state index contributed by atoms with van der Waals surface area (Å²) in [6, 6.07) is 12.6. The molecule has 3 heterocycles. The maximum atomic E-state index is 13.5. The first kappa shape index (κ1) is 32.0. The topological polar surface area (TPSA) is 72.6 Å². The molecule has 0 N–H and O–H groups in total. The molecule has 2 aliphatic heterocycles. The first-order valence-corrected chi connectivity index (χ1v) is 16.6. The number of pyridine rings is 1. The lowest BCUT2D eigenvalue weighted by Crippen LogP contribution is -2.48. The molecule has 1 aromatic heterocycles. The van der Waals surface area contributed by atoms with E-state index in [-0.39, 0.29) is 17.0 Å². The van der Waals surface area contributed by atoms with Crippen molar-refractivity contribution in [1.29, 1.82) is 5.26 Å². The maximum Gasteiger partial charge on any atom is 0.270 e. The summed E-state index contributed by atoms with van der Waals surface area (Å²) in [5, 5.41) is 9.96. The highest BCUT2D eigenvalue weighted by atomic mass is 32.2.